The third kappa shape index (κ3) is 4.53. The van der Waals surface area contributed by atoms with E-state index in [0.29, 0.717) is 29.8 Å². The zero-order chi connectivity index (χ0) is 29.2. The first-order valence-corrected chi connectivity index (χ1v) is 16.8. The van der Waals surface area contributed by atoms with Gasteiger partial charge in [0.25, 0.3) is 0 Å². The first-order chi connectivity index (χ1) is 20.2. The van der Waals surface area contributed by atoms with E-state index in [4.69, 9.17) is 9.47 Å². The summed E-state index contributed by atoms with van der Waals surface area (Å²) in [6.07, 6.45) is 11.1. The molecule has 6 heteroatoms. The summed E-state index contributed by atoms with van der Waals surface area (Å²) in [4.78, 5) is 15.6. The molecule has 0 radical (unpaired) electrons. The van der Waals surface area contributed by atoms with Crippen molar-refractivity contribution in [2.45, 2.75) is 116 Å². The van der Waals surface area contributed by atoms with E-state index in [1.165, 1.54) is 32.1 Å². The van der Waals surface area contributed by atoms with Crippen molar-refractivity contribution in [2.24, 2.45) is 46.1 Å². The number of amides is 1. The van der Waals surface area contributed by atoms with Crippen molar-refractivity contribution in [3.63, 3.8) is 0 Å². The second kappa shape index (κ2) is 10.7. The summed E-state index contributed by atoms with van der Waals surface area (Å²) in [5.41, 5.74) is 5.50. The van der Waals surface area contributed by atoms with Crippen molar-refractivity contribution < 1.29 is 19.5 Å². The third-order valence-electron chi connectivity index (χ3n) is 13.2. The maximum atomic E-state index is 13.5. The molecule has 228 valence electrons. The Bertz CT molecular complexity index is 1260. The smallest absolute Gasteiger partial charge is 0.410 e. The molecule has 1 aromatic carbocycles. The molecule has 4 aliphatic carbocycles. The molecular weight excluding hydrogens is 524 g/mol. The molecule has 7 rings (SSSR count). The van der Waals surface area contributed by atoms with Gasteiger partial charge in [-0.15, -0.1) is 0 Å². The molecule has 3 saturated carbocycles. The Kier molecular flexibility index (Phi) is 7.23. The highest BCUT2D eigenvalue weighted by molar-refractivity contribution is 5.85. The van der Waals surface area contributed by atoms with Crippen molar-refractivity contribution in [1.82, 2.24) is 4.90 Å². The predicted molar refractivity (Wildman–Crippen MR) is 163 cm³/mol. The van der Waals surface area contributed by atoms with E-state index >= 15 is 0 Å². The third-order valence-corrected chi connectivity index (χ3v) is 13.2. The van der Waals surface area contributed by atoms with Gasteiger partial charge in [-0.1, -0.05) is 67.4 Å². The number of hydrogen-bond donors (Lipinski definition) is 1. The Morgan fingerprint density at radius 2 is 1.95 bits per heavy atom. The highest BCUT2D eigenvalue weighted by Gasteiger charge is 2.60. The lowest BCUT2D eigenvalue weighted by Gasteiger charge is -2.52. The van der Waals surface area contributed by atoms with Crippen LogP contribution in [0.1, 0.15) is 97.5 Å². The van der Waals surface area contributed by atoms with Gasteiger partial charge in [-0.05, 0) is 112 Å². The number of allylic oxidation sites excluding steroid dienone is 1. The van der Waals surface area contributed by atoms with Crippen LogP contribution in [0.3, 0.4) is 0 Å². The quantitative estimate of drug-likeness (QED) is 0.221. The van der Waals surface area contributed by atoms with Gasteiger partial charge in [0.2, 0.25) is 0 Å². The maximum absolute atomic E-state index is 13.5. The zero-order valence-electron chi connectivity index (χ0n) is 26.1. The van der Waals surface area contributed by atoms with Gasteiger partial charge >= 0.3 is 6.09 Å². The SMILES string of the molecule is CC1=C2C[C@H]3[C@@H](CC[C@@H]4CC(=NO)CC[C@@]43C)[C@@H]2CC[C@@]2(C1)O[C@@H]1C[C@H](C)CN(C(=O)OCc3ccccc3)[C@H]1[C@H]2C. The average Bonchev–Trinajstić information content (AvgIpc) is 3.45. The van der Waals surface area contributed by atoms with Gasteiger partial charge in [0.05, 0.1) is 23.5 Å². The van der Waals surface area contributed by atoms with Crippen LogP contribution in [0.25, 0.3) is 0 Å². The van der Waals surface area contributed by atoms with Crippen molar-refractivity contribution in [2.75, 3.05) is 6.54 Å². The first kappa shape index (κ1) is 28.4. The van der Waals surface area contributed by atoms with Gasteiger partial charge in [0.15, 0.2) is 0 Å². The molecule has 1 N–H and O–H groups in total. The molecule has 1 spiro atoms. The molecule has 6 aliphatic rings. The fourth-order valence-electron chi connectivity index (χ4n) is 11.0. The molecule has 6 nitrogen and oxygen atoms in total. The van der Waals surface area contributed by atoms with Crippen molar-refractivity contribution >= 4 is 11.8 Å². The Balaban J connectivity index is 1.10. The summed E-state index contributed by atoms with van der Waals surface area (Å²) in [5, 5.41) is 13.1. The number of nitrogens with zero attached hydrogens (tertiary/aromatic N) is 2. The van der Waals surface area contributed by atoms with Crippen LogP contribution in [-0.4, -0.2) is 46.2 Å². The minimum Gasteiger partial charge on any atom is -0.445 e. The zero-order valence-corrected chi connectivity index (χ0v) is 26.1. The fourth-order valence-corrected chi connectivity index (χ4v) is 11.0. The van der Waals surface area contributed by atoms with Crippen LogP contribution in [0, 0.1) is 40.9 Å². The van der Waals surface area contributed by atoms with Crippen molar-refractivity contribution in [1.29, 1.82) is 0 Å². The van der Waals surface area contributed by atoms with Crippen LogP contribution in [0.5, 0.6) is 0 Å². The Labute approximate surface area is 251 Å². The number of oxime groups is 1. The van der Waals surface area contributed by atoms with Crippen molar-refractivity contribution in [3.8, 4) is 0 Å². The highest BCUT2D eigenvalue weighted by atomic mass is 16.6. The van der Waals surface area contributed by atoms with Crippen LogP contribution < -0.4 is 0 Å². The molecule has 1 amide bonds. The molecule has 0 aromatic heterocycles. The van der Waals surface area contributed by atoms with Gasteiger partial charge < -0.3 is 19.6 Å². The molecule has 1 aromatic rings. The highest BCUT2D eigenvalue weighted by Crippen LogP contribution is 2.65. The van der Waals surface area contributed by atoms with Crippen LogP contribution in [0.4, 0.5) is 4.79 Å². The summed E-state index contributed by atoms with van der Waals surface area (Å²) >= 11 is 0. The lowest BCUT2D eigenvalue weighted by molar-refractivity contribution is -0.0794. The fraction of sp³-hybridized carbons (Fsp3) is 0.722. The number of likely N-dealkylation sites (tertiary alicyclic amines) is 1. The minimum atomic E-state index is -0.202. The predicted octanol–water partition coefficient (Wildman–Crippen LogP) is 7.99. The summed E-state index contributed by atoms with van der Waals surface area (Å²) in [7, 11) is 0. The van der Waals surface area contributed by atoms with Crippen molar-refractivity contribution in [3.05, 3.63) is 47.0 Å². The number of ether oxygens (including phenoxy) is 2. The molecule has 10 atom stereocenters. The Morgan fingerprint density at radius 3 is 2.74 bits per heavy atom. The molecular formula is C36H50N2O4. The normalized spacial score (nSPS) is 43.9. The summed E-state index contributed by atoms with van der Waals surface area (Å²) in [5.74, 6) is 3.51. The van der Waals surface area contributed by atoms with E-state index in [2.05, 4.69) is 32.9 Å². The summed E-state index contributed by atoms with van der Waals surface area (Å²) in [6, 6.07) is 10.1. The molecule has 0 unspecified atom stereocenters. The first-order valence-electron chi connectivity index (χ1n) is 16.8. The molecule has 0 bridgehead atoms. The van der Waals surface area contributed by atoms with Crippen LogP contribution in [0.2, 0.25) is 0 Å². The van der Waals surface area contributed by atoms with E-state index in [9.17, 15) is 10.0 Å². The topological polar surface area (TPSA) is 71.4 Å². The van der Waals surface area contributed by atoms with Crippen LogP contribution >= 0.6 is 0 Å². The number of carbonyl (C=O) groups excluding carboxylic acids is 1. The van der Waals surface area contributed by atoms with Crippen LogP contribution in [-0.2, 0) is 16.1 Å². The van der Waals surface area contributed by atoms with Crippen LogP contribution in [0.15, 0.2) is 46.6 Å². The largest absolute Gasteiger partial charge is 0.445 e. The Morgan fingerprint density at radius 1 is 1.14 bits per heavy atom. The number of fused-ring (bicyclic) bond motifs is 6. The number of hydrogen-bond acceptors (Lipinski definition) is 5. The monoisotopic (exact) mass is 574 g/mol. The van der Waals surface area contributed by atoms with E-state index in [1.807, 2.05) is 35.2 Å². The van der Waals surface area contributed by atoms with Gasteiger partial charge in [-0.25, -0.2) is 4.79 Å². The number of rotatable bonds is 2. The maximum Gasteiger partial charge on any atom is 0.410 e. The van der Waals surface area contributed by atoms with E-state index in [0.717, 1.165) is 61.8 Å². The van der Waals surface area contributed by atoms with E-state index in [1.54, 1.807) is 11.1 Å². The second-order valence-corrected chi connectivity index (χ2v) is 15.3. The minimum absolute atomic E-state index is 0.0759. The molecule has 42 heavy (non-hydrogen) atoms. The Hall–Kier alpha value is -2.34. The molecule has 2 aliphatic heterocycles. The number of benzene rings is 1. The lowest BCUT2D eigenvalue weighted by atomic mass is 9.52. The van der Waals surface area contributed by atoms with E-state index < -0.39 is 0 Å². The van der Waals surface area contributed by atoms with Gasteiger partial charge in [-0.3, -0.25) is 0 Å². The molecule has 2 heterocycles. The van der Waals surface area contributed by atoms with Gasteiger partial charge in [-0.2, -0.15) is 0 Å². The standard InChI is InChI=1S/C36H50N2O4/c1-22-16-32-33(38(20-22)34(39)41-21-25-8-6-5-7-9-25)24(3)36(42-32)15-13-28-29-11-10-26-17-27(37-40)12-14-35(26,4)31(29)18-30(28)23(2)19-36/h5-9,22,24,26,28-29,31-33,40H,10-21H2,1-4H3/t22-,24+,26+,28-,29-,31-,32+,33-,35-,36-/m0/s1. The van der Waals surface area contributed by atoms with Gasteiger partial charge in [0.1, 0.15) is 6.61 Å². The lowest BCUT2D eigenvalue weighted by Crippen LogP contribution is -2.54. The molecule has 5 fully saturated rings. The van der Waals surface area contributed by atoms with E-state index in [-0.39, 0.29) is 29.8 Å². The van der Waals surface area contributed by atoms with Gasteiger partial charge in [0, 0.05) is 12.5 Å². The number of carbonyl (C=O) groups is 1. The average molecular weight is 575 g/mol. The summed E-state index contributed by atoms with van der Waals surface area (Å²) < 4.78 is 13.1. The second-order valence-electron chi connectivity index (χ2n) is 15.3. The number of piperidine rings is 1. The molecule has 2 saturated heterocycles. The summed E-state index contributed by atoms with van der Waals surface area (Å²) in [6.45, 7) is 10.6.